The van der Waals surface area contributed by atoms with E-state index in [0.29, 0.717) is 5.71 Å². The Bertz CT molecular complexity index is 689. The van der Waals surface area contributed by atoms with Crippen molar-refractivity contribution in [2.75, 3.05) is 14.1 Å². The summed E-state index contributed by atoms with van der Waals surface area (Å²) in [6.07, 6.45) is 2.72. The lowest BCUT2D eigenvalue weighted by molar-refractivity contribution is -0.531. The van der Waals surface area contributed by atoms with Gasteiger partial charge in [0.1, 0.15) is 0 Å². The fourth-order valence-corrected chi connectivity index (χ4v) is 6.27. The van der Waals surface area contributed by atoms with E-state index in [9.17, 15) is 9.90 Å². The predicted octanol–water partition coefficient (Wildman–Crippen LogP) is 0.0806. The van der Waals surface area contributed by atoms with Gasteiger partial charge in [0.05, 0.1) is 6.04 Å². The number of Topliss-reactive ketones (excluding diaryl/α,β-unsaturated/α-hetero) is 1. The van der Waals surface area contributed by atoms with Gasteiger partial charge in [-0.3, -0.25) is 14.6 Å². The van der Waals surface area contributed by atoms with Gasteiger partial charge in [0.2, 0.25) is 11.5 Å². The van der Waals surface area contributed by atoms with E-state index >= 15 is 0 Å². The van der Waals surface area contributed by atoms with Gasteiger partial charge in [-0.05, 0) is 88.4 Å². The molecule has 1 saturated carbocycles. The van der Waals surface area contributed by atoms with Gasteiger partial charge in [-0.25, -0.2) is 4.99 Å². The first kappa shape index (κ1) is 23.8. The number of likely N-dealkylation sites (tertiary alicyclic amines) is 2. The van der Waals surface area contributed by atoms with Crippen LogP contribution in [0.15, 0.2) is 0 Å². The molecule has 3 fully saturated rings. The van der Waals surface area contributed by atoms with Crippen LogP contribution in [0.3, 0.4) is 0 Å². The third-order valence-corrected chi connectivity index (χ3v) is 8.53. The normalized spacial score (nSPS) is 36.1. The van der Waals surface area contributed by atoms with Crippen LogP contribution in [0, 0.1) is 0 Å². The van der Waals surface area contributed by atoms with E-state index < -0.39 is 12.1 Å². The zero-order chi connectivity index (χ0) is 22.9. The Morgan fingerprint density at radius 1 is 0.833 bits per heavy atom. The molecule has 3 aliphatic rings. The van der Waals surface area contributed by atoms with E-state index in [2.05, 4.69) is 89.6 Å². The Morgan fingerprint density at radius 3 is 1.63 bits per heavy atom. The van der Waals surface area contributed by atoms with Crippen LogP contribution < -0.4 is 15.4 Å². The Hall–Kier alpha value is -0.820. The smallest absolute Gasteiger partial charge is 0.236 e. The Labute approximate surface area is 183 Å². The van der Waals surface area contributed by atoms with Crippen LogP contribution in [0.5, 0.6) is 0 Å². The largest absolute Gasteiger partial charge is 0.843 e. The maximum absolute atomic E-state index is 13.0. The van der Waals surface area contributed by atoms with Crippen molar-refractivity contribution >= 4 is 11.5 Å². The van der Waals surface area contributed by atoms with Crippen LogP contribution in [0.25, 0.3) is 0 Å². The minimum absolute atomic E-state index is 0.0219. The molecular formula is C24H44N4O2. The molecule has 0 radical (unpaired) electrons. The summed E-state index contributed by atoms with van der Waals surface area (Å²) in [6.45, 7) is 17.9. The summed E-state index contributed by atoms with van der Waals surface area (Å²) < 4.78 is 0. The fourth-order valence-electron chi connectivity index (χ4n) is 6.27. The lowest BCUT2D eigenvalue weighted by Crippen LogP contribution is -2.93. The summed E-state index contributed by atoms with van der Waals surface area (Å²) in [5, 5.41) is 16.4. The number of hydrogen-bond donors (Lipinski definition) is 2. The molecule has 1 aliphatic carbocycles. The van der Waals surface area contributed by atoms with Crippen molar-refractivity contribution in [2.24, 2.45) is 0 Å². The van der Waals surface area contributed by atoms with Crippen LogP contribution in [-0.2, 0) is 4.79 Å². The molecule has 2 N–H and O–H groups in total. The Kier molecular flexibility index (Phi) is 5.85. The molecule has 0 bridgehead atoms. The summed E-state index contributed by atoms with van der Waals surface area (Å²) in [5.74, 6) is -0.0286. The van der Waals surface area contributed by atoms with Crippen LogP contribution in [-0.4, -0.2) is 81.8 Å². The molecule has 30 heavy (non-hydrogen) atoms. The first-order valence-corrected chi connectivity index (χ1v) is 11.6. The molecule has 0 aromatic carbocycles. The van der Waals surface area contributed by atoms with Crippen LogP contribution >= 0.6 is 0 Å². The summed E-state index contributed by atoms with van der Waals surface area (Å²) in [5.41, 5.74) is 0.490. The molecule has 2 aliphatic heterocycles. The highest BCUT2D eigenvalue weighted by atomic mass is 16.3. The molecule has 2 atom stereocenters. The third-order valence-electron chi connectivity index (χ3n) is 8.53. The molecule has 172 valence electrons. The Balaban J connectivity index is 1.68. The number of nitrogens with zero attached hydrogens (tertiary/aromatic N) is 2. The number of carbonyl (C=O) groups is 1. The van der Waals surface area contributed by atoms with Gasteiger partial charge < -0.3 is 10.4 Å². The van der Waals surface area contributed by atoms with E-state index in [1.807, 2.05) is 0 Å². The molecule has 0 aromatic rings. The highest BCUT2D eigenvalue weighted by Crippen LogP contribution is 2.38. The van der Waals surface area contributed by atoms with Crippen molar-refractivity contribution in [2.45, 2.75) is 127 Å². The highest BCUT2D eigenvalue weighted by Gasteiger charge is 2.51. The molecule has 2 heterocycles. The minimum atomic E-state index is -0.991. The fraction of sp³-hybridized carbons (Fsp3) is 0.917. The summed E-state index contributed by atoms with van der Waals surface area (Å²) in [6, 6.07) is -0.261. The Morgan fingerprint density at radius 2 is 1.23 bits per heavy atom. The standard InChI is InChI=1S/C24H43N4O2/c1-21(2)11-15(12-22(3,4)27(21)9)25-17-19(29)18(20(17)30)26-16-13-23(5,6)28(10)24(7,8)14-16/h15-17,19,25H,11-14H2,1-10H3/q-1/p+1. The molecule has 0 amide bonds. The molecule has 2 saturated heterocycles. The van der Waals surface area contributed by atoms with Crippen molar-refractivity contribution in [3.8, 4) is 0 Å². The molecule has 0 aromatic heterocycles. The summed E-state index contributed by atoms with van der Waals surface area (Å²) in [7, 11) is 4.33. The van der Waals surface area contributed by atoms with Crippen molar-refractivity contribution < 1.29 is 14.9 Å². The van der Waals surface area contributed by atoms with Gasteiger partial charge >= 0.3 is 0 Å². The number of carbonyl (C=O) groups excluding carboxylic acids is 1. The summed E-state index contributed by atoms with van der Waals surface area (Å²) in [4.78, 5) is 21.1. The van der Waals surface area contributed by atoms with Gasteiger partial charge in [0.25, 0.3) is 0 Å². The third kappa shape index (κ3) is 4.13. The van der Waals surface area contributed by atoms with E-state index in [4.69, 9.17) is 0 Å². The van der Waals surface area contributed by atoms with Crippen molar-refractivity contribution in [3.05, 3.63) is 0 Å². The van der Waals surface area contributed by atoms with Crippen LogP contribution in [0.1, 0.15) is 81.1 Å². The quantitative estimate of drug-likeness (QED) is 0.677. The van der Waals surface area contributed by atoms with E-state index in [1.54, 1.807) is 0 Å². The number of hydrogen-bond acceptors (Lipinski definition) is 5. The van der Waals surface area contributed by atoms with Gasteiger partial charge in [0, 0.05) is 41.0 Å². The lowest BCUT2D eigenvalue weighted by atomic mass is 9.75. The number of piperidine rings is 2. The molecular weight excluding hydrogens is 376 g/mol. The second kappa shape index (κ2) is 7.36. The maximum Gasteiger partial charge on any atom is 0.236 e. The molecule has 0 spiro atoms. The average molecular weight is 421 g/mol. The van der Waals surface area contributed by atoms with Gasteiger partial charge in [-0.2, -0.15) is 0 Å². The zero-order valence-electron chi connectivity index (χ0n) is 20.8. The molecule has 3 rings (SSSR count). The molecule has 6 nitrogen and oxygen atoms in total. The van der Waals surface area contributed by atoms with E-state index in [-0.39, 0.29) is 40.0 Å². The SMILES string of the molecule is CN1C(C)(C)CC(NC2C(=O)C(=[NH+]C3CC(C)(C)N(C)C(C)(C)C3)C2[O-])CC1(C)C. The first-order valence-electron chi connectivity index (χ1n) is 11.6. The monoisotopic (exact) mass is 420 g/mol. The lowest BCUT2D eigenvalue weighted by Gasteiger charge is -2.55. The van der Waals surface area contributed by atoms with Crippen LogP contribution in [0.4, 0.5) is 0 Å². The number of ketones is 1. The second-order valence-electron chi connectivity index (χ2n) is 12.6. The minimum Gasteiger partial charge on any atom is -0.843 e. The van der Waals surface area contributed by atoms with E-state index in [1.165, 1.54) is 0 Å². The van der Waals surface area contributed by atoms with Crippen molar-refractivity contribution in [1.29, 1.82) is 0 Å². The maximum atomic E-state index is 13.0. The first-order chi connectivity index (χ1) is 13.5. The second-order valence-corrected chi connectivity index (χ2v) is 12.6. The van der Waals surface area contributed by atoms with Crippen molar-refractivity contribution in [3.63, 3.8) is 0 Å². The van der Waals surface area contributed by atoms with E-state index in [0.717, 1.165) is 25.7 Å². The average Bonchev–Trinajstić information content (AvgIpc) is 2.59. The number of rotatable bonds is 3. The van der Waals surface area contributed by atoms with Crippen LogP contribution in [0.2, 0.25) is 0 Å². The molecule has 6 heteroatoms. The van der Waals surface area contributed by atoms with Crippen molar-refractivity contribution in [1.82, 2.24) is 15.1 Å². The summed E-state index contributed by atoms with van der Waals surface area (Å²) >= 11 is 0. The predicted molar refractivity (Wildman–Crippen MR) is 120 cm³/mol. The molecule has 2 unspecified atom stereocenters. The van der Waals surface area contributed by atoms with Gasteiger partial charge in [-0.1, -0.05) is 0 Å². The van der Waals surface area contributed by atoms with Gasteiger partial charge in [0.15, 0.2) is 6.04 Å². The zero-order valence-corrected chi connectivity index (χ0v) is 20.8. The van der Waals surface area contributed by atoms with Gasteiger partial charge in [-0.15, -0.1) is 0 Å². The topological polar surface area (TPSA) is 72.6 Å². The number of nitrogens with one attached hydrogen (secondary N) is 2. The highest BCUT2D eigenvalue weighted by molar-refractivity contribution is 6.48.